The zero-order chi connectivity index (χ0) is 14.5. The van der Waals surface area contributed by atoms with Crippen molar-refractivity contribution in [3.63, 3.8) is 0 Å². The summed E-state index contributed by atoms with van der Waals surface area (Å²) in [5.74, 6) is -0.412. The first kappa shape index (κ1) is 15.9. The maximum absolute atomic E-state index is 11.9. The van der Waals surface area contributed by atoms with Crippen molar-refractivity contribution < 1.29 is 17.9 Å². The Morgan fingerprint density at radius 3 is 2.79 bits per heavy atom. The molecule has 1 rings (SSSR count). The van der Waals surface area contributed by atoms with Crippen LogP contribution in [-0.2, 0) is 19.6 Å². The molecule has 0 radical (unpaired) electrons. The van der Waals surface area contributed by atoms with Gasteiger partial charge in [-0.25, -0.2) is 8.42 Å². The van der Waals surface area contributed by atoms with E-state index in [0.29, 0.717) is 18.8 Å². The summed E-state index contributed by atoms with van der Waals surface area (Å²) >= 11 is 1.00. The number of hydrogen-bond donors (Lipinski definition) is 3. The number of methoxy groups -OCH3 is 1. The average Bonchev–Trinajstić information content (AvgIpc) is 2.76. The molecule has 1 heterocycles. The third-order valence-electron chi connectivity index (χ3n) is 2.19. The number of nitrogens with two attached hydrogens (primary N) is 1. The van der Waals surface area contributed by atoms with Gasteiger partial charge < -0.3 is 15.8 Å². The zero-order valence-corrected chi connectivity index (χ0v) is 12.3. The second-order valence-corrected chi connectivity index (χ2v) is 6.68. The molecule has 1 unspecified atom stereocenters. The lowest BCUT2D eigenvalue weighted by atomic mass is 10.3. The third-order valence-corrected chi connectivity index (χ3v) is 5.19. The fourth-order valence-corrected chi connectivity index (χ4v) is 3.54. The average molecular weight is 307 g/mol. The first-order chi connectivity index (χ1) is 8.86. The minimum absolute atomic E-state index is 0.0848. The first-order valence-corrected chi connectivity index (χ1v) is 7.86. The molecule has 108 valence electrons. The summed E-state index contributed by atoms with van der Waals surface area (Å²) in [6, 6.07) is 0.480. The predicted molar refractivity (Wildman–Crippen MR) is 73.4 cm³/mol. The fourth-order valence-electron chi connectivity index (χ4n) is 1.24. The minimum Gasteiger partial charge on any atom is -0.398 e. The second kappa shape index (κ2) is 6.85. The number of thiophene rings is 1. The largest absolute Gasteiger partial charge is 0.398 e. The number of nitrogens with one attached hydrogen (secondary N) is 2. The van der Waals surface area contributed by atoms with E-state index in [1.54, 1.807) is 0 Å². The van der Waals surface area contributed by atoms with Crippen molar-refractivity contribution >= 4 is 33.0 Å². The molecule has 0 spiro atoms. The number of amides is 1. The Balaban J connectivity index is 2.60. The first-order valence-electron chi connectivity index (χ1n) is 5.50. The molecule has 0 saturated carbocycles. The smallest absolute Gasteiger partial charge is 0.250 e. The van der Waals surface area contributed by atoms with E-state index in [0.717, 1.165) is 11.3 Å². The van der Waals surface area contributed by atoms with E-state index in [1.165, 1.54) is 25.5 Å². The van der Waals surface area contributed by atoms with Gasteiger partial charge in [0.05, 0.1) is 12.6 Å². The Hall–Kier alpha value is -1.16. The molecule has 0 aliphatic heterocycles. The van der Waals surface area contributed by atoms with Crippen LogP contribution in [-0.4, -0.2) is 40.6 Å². The van der Waals surface area contributed by atoms with Gasteiger partial charge in [-0.1, -0.05) is 0 Å². The van der Waals surface area contributed by atoms with Gasteiger partial charge in [0, 0.05) is 24.7 Å². The van der Waals surface area contributed by atoms with Gasteiger partial charge in [0.1, 0.15) is 4.21 Å². The number of ether oxygens (including phenoxy) is 1. The predicted octanol–water partition coefficient (Wildman–Crippen LogP) is -0.240. The van der Waals surface area contributed by atoms with Gasteiger partial charge in [0.2, 0.25) is 5.91 Å². The molecule has 0 bridgehead atoms. The van der Waals surface area contributed by atoms with E-state index in [1.807, 2.05) is 0 Å². The maximum Gasteiger partial charge on any atom is 0.250 e. The van der Waals surface area contributed by atoms with Crippen molar-refractivity contribution in [2.45, 2.75) is 17.2 Å². The molecule has 1 aromatic rings. The summed E-state index contributed by atoms with van der Waals surface area (Å²) in [6.07, 6.45) is 0. The van der Waals surface area contributed by atoms with Crippen LogP contribution < -0.4 is 15.8 Å². The molecule has 1 aromatic heterocycles. The highest BCUT2D eigenvalue weighted by molar-refractivity contribution is 7.91. The molecule has 9 heteroatoms. The second-order valence-electron chi connectivity index (χ2n) is 3.83. The van der Waals surface area contributed by atoms with E-state index in [4.69, 9.17) is 10.5 Å². The zero-order valence-electron chi connectivity index (χ0n) is 10.7. The Kier molecular flexibility index (Phi) is 5.73. The molecule has 0 fully saturated rings. The van der Waals surface area contributed by atoms with Gasteiger partial charge in [-0.05, 0) is 13.0 Å². The lowest BCUT2D eigenvalue weighted by Crippen LogP contribution is -2.45. The highest BCUT2D eigenvalue weighted by Crippen LogP contribution is 2.21. The molecule has 1 amide bonds. The number of hydrogen-bond acceptors (Lipinski definition) is 6. The van der Waals surface area contributed by atoms with Gasteiger partial charge in [-0.3, -0.25) is 4.79 Å². The van der Waals surface area contributed by atoms with Crippen LogP contribution in [0.25, 0.3) is 0 Å². The van der Waals surface area contributed by atoms with Crippen LogP contribution in [0.1, 0.15) is 6.92 Å². The molecule has 0 aliphatic rings. The van der Waals surface area contributed by atoms with Crippen molar-refractivity contribution in [3.8, 4) is 0 Å². The summed E-state index contributed by atoms with van der Waals surface area (Å²) in [4.78, 5) is 11.6. The van der Waals surface area contributed by atoms with Crippen molar-refractivity contribution in [2.24, 2.45) is 0 Å². The highest BCUT2D eigenvalue weighted by Gasteiger charge is 2.23. The topological polar surface area (TPSA) is 111 Å². The van der Waals surface area contributed by atoms with Crippen LogP contribution in [0.4, 0.5) is 5.69 Å². The van der Waals surface area contributed by atoms with E-state index in [9.17, 15) is 13.2 Å². The number of carbonyl (C=O) groups is 1. The molecular weight excluding hydrogens is 290 g/mol. The molecule has 1 atom stereocenters. The molecular formula is C10H17N3O4S2. The number of rotatable bonds is 7. The Morgan fingerprint density at radius 2 is 2.26 bits per heavy atom. The van der Waals surface area contributed by atoms with Crippen LogP contribution in [0.2, 0.25) is 0 Å². The maximum atomic E-state index is 11.9. The number of nitrogen functional groups attached to an aromatic ring is 1. The Labute approximate surface area is 116 Å². The van der Waals surface area contributed by atoms with Gasteiger partial charge >= 0.3 is 0 Å². The molecule has 4 N–H and O–H groups in total. The number of sulfonamides is 1. The summed E-state index contributed by atoms with van der Waals surface area (Å²) < 4.78 is 31.0. The van der Waals surface area contributed by atoms with Crippen LogP contribution in [0.5, 0.6) is 0 Å². The van der Waals surface area contributed by atoms with E-state index >= 15 is 0 Å². The highest BCUT2D eigenvalue weighted by atomic mass is 32.2. The van der Waals surface area contributed by atoms with Crippen molar-refractivity contribution in [1.82, 2.24) is 10.0 Å². The SMILES string of the molecule is COCCNC(=O)C(C)NS(=O)(=O)c1cc(N)cs1. The standard InChI is InChI=1S/C10H17N3O4S2/c1-7(10(14)12-3-4-17-2)13-19(15,16)9-5-8(11)6-18-9/h5-7,13H,3-4,11H2,1-2H3,(H,12,14). The van der Waals surface area contributed by atoms with Gasteiger partial charge in [-0.2, -0.15) is 4.72 Å². The normalized spacial score (nSPS) is 13.2. The van der Waals surface area contributed by atoms with Crippen molar-refractivity contribution in [2.75, 3.05) is 26.0 Å². The molecule has 19 heavy (non-hydrogen) atoms. The van der Waals surface area contributed by atoms with Crippen molar-refractivity contribution in [3.05, 3.63) is 11.4 Å². The summed E-state index contributed by atoms with van der Waals surface area (Å²) in [7, 11) is -2.20. The summed E-state index contributed by atoms with van der Waals surface area (Å²) in [6.45, 7) is 2.16. The van der Waals surface area contributed by atoms with Gasteiger partial charge in [-0.15, -0.1) is 11.3 Å². The summed E-state index contributed by atoms with van der Waals surface area (Å²) in [5.41, 5.74) is 5.85. The number of carbonyl (C=O) groups excluding carboxylic acids is 1. The molecule has 0 saturated heterocycles. The fraction of sp³-hybridized carbons (Fsp3) is 0.500. The van der Waals surface area contributed by atoms with E-state index in [2.05, 4.69) is 10.0 Å². The van der Waals surface area contributed by atoms with Crippen LogP contribution in [0.15, 0.2) is 15.7 Å². The third kappa shape index (κ3) is 4.78. The quantitative estimate of drug-likeness (QED) is 0.602. The summed E-state index contributed by atoms with van der Waals surface area (Å²) in [5, 5.41) is 4.08. The lowest BCUT2D eigenvalue weighted by molar-refractivity contribution is -0.122. The van der Waals surface area contributed by atoms with Crippen molar-refractivity contribution in [1.29, 1.82) is 0 Å². The molecule has 0 aliphatic carbocycles. The number of anilines is 1. The van der Waals surface area contributed by atoms with Gasteiger partial charge in [0.25, 0.3) is 10.0 Å². The lowest BCUT2D eigenvalue weighted by Gasteiger charge is -2.13. The van der Waals surface area contributed by atoms with Crippen LogP contribution in [0.3, 0.4) is 0 Å². The molecule has 0 aromatic carbocycles. The minimum atomic E-state index is -3.72. The monoisotopic (exact) mass is 307 g/mol. The molecule has 7 nitrogen and oxygen atoms in total. The Bertz CT molecular complexity index is 527. The van der Waals surface area contributed by atoms with E-state index < -0.39 is 22.0 Å². The Morgan fingerprint density at radius 1 is 1.58 bits per heavy atom. The van der Waals surface area contributed by atoms with E-state index in [-0.39, 0.29) is 4.21 Å². The van der Waals surface area contributed by atoms with Gasteiger partial charge in [0.15, 0.2) is 0 Å². The van der Waals surface area contributed by atoms with Crippen LogP contribution >= 0.6 is 11.3 Å². The van der Waals surface area contributed by atoms with Crippen LogP contribution in [0, 0.1) is 0 Å².